The van der Waals surface area contributed by atoms with Crippen LogP contribution in [0.2, 0.25) is 0 Å². The highest BCUT2D eigenvalue weighted by Crippen LogP contribution is 2.33. The number of nitrogens with one attached hydrogen (secondary N) is 1. The molecule has 7 nitrogen and oxygen atoms in total. The third-order valence-electron chi connectivity index (χ3n) is 10.0. The number of fused-ring (bicyclic) bond motifs is 1. The Morgan fingerprint density at radius 1 is 0.851 bits per heavy atom. The first kappa shape index (κ1) is 32.9. The molecule has 1 aromatic heterocycles. The molecule has 0 radical (unpaired) electrons. The number of benzene rings is 3. The van der Waals surface area contributed by atoms with Crippen molar-refractivity contribution in [2.45, 2.75) is 64.5 Å². The summed E-state index contributed by atoms with van der Waals surface area (Å²) in [5, 5.41) is 4.34. The van der Waals surface area contributed by atoms with Crippen LogP contribution in [0.3, 0.4) is 0 Å². The van der Waals surface area contributed by atoms with Gasteiger partial charge in [0.25, 0.3) is 5.91 Å². The average Bonchev–Trinajstić information content (AvgIpc) is 3.12. The molecule has 1 saturated carbocycles. The first-order valence-electron chi connectivity index (χ1n) is 17.5. The van der Waals surface area contributed by atoms with Gasteiger partial charge < -0.3 is 10.1 Å². The molecule has 2 aliphatic rings. The van der Waals surface area contributed by atoms with E-state index in [1.807, 2.05) is 79.7 Å². The average molecular weight is 633 g/mol. The summed E-state index contributed by atoms with van der Waals surface area (Å²) in [6.07, 6.45) is 6.12. The molecule has 2 heterocycles. The Hall–Kier alpha value is -4.07. The second-order valence-corrected chi connectivity index (χ2v) is 13.1. The summed E-state index contributed by atoms with van der Waals surface area (Å²) in [4.78, 5) is 37.3. The Kier molecular flexibility index (Phi) is 11.0. The molecule has 1 aliphatic heterocycles. The molecule has 1 N–H and O–H groups in total. The predicted octanol–water partition coefficient (Wildman–Crippen LogP) is 7.06. The van der Waals surface area contributed by atoms with E-state index in [1.54, 1.807) is 0 Å². The van der Waals surface area contributed by atoms with Gasteiger partial charge in [-0.3, -0.25) is 19.4 Å². The van der Waals surface area contributed by atoms with Crippen LogP contribution in [-0.2, 0) is 16.1 Å². The van der Waals surface area contributed by atoms with Gasteiger partial charge in [0, 0.05) is 61.8 Å². The maximum absolute atomic E-state index is 14.4. The molecule has 0 bridgehead atoms. The number of pyridine rings is 1. The fourth-order valence-electron chi connectivity index (χ4n) is 7.39. The normalized spacial score (nSPS) is 17.7. The predicted molar refractivity (Wildman–Crippen MR) is 188 cm³/mol. The number of para-hydroxylation sites is 1. The van der Waals surface area contributed by atoms with E-state index < -0.39 is 0 Å². The number of carbonyl (C=O) groups is 2. The fraction of sp³-hybridized carbons (Fsp3) is 0.425. The molecule has 246 valence electrons. The van der Waals surface area contributed by atoms with Crippen LogP contribution in [0.1, 0.15) is 73.4 Å². The zero-order valence-electron chi connectivity index (χ0n) is 27.9. The molecule has 3 aromatic carbocycles. The van der Waals surface area contributed by atoms with Gasteiger partial charge in [-0.05, 0) is 44.2 Å². The van der Waals surface area contributed by atoms with Gasteiger partial charge in [-0.2, -0.15) is 0 Å². The lowest BCUT2D eigenvalue weighted by atomic mass is 9.84. The van der Waals surface area contributed by atoms with E-state index in [-0.39, 0.29) is 23.8 Å². The molecule has 2 atom stereocenters. The van der Waals surface area contributed by atoms with Crippen molar-refractivity contribution in [2.24, 2.45) is 5.92 Å². The van der Waals surface area contributed by atoms with Crippen molar-refractivity contribution in [1.29, 1.82) is 0 Å². The van der Waals surface area contributed by atoms with Gasteiger partial charge in [0.1, 0.15) is 0 Å². The number of hydrogen-bond donors (Lipinski definition) is 1. The quantitative estimate of drug-likeness (QED) is 0.179. The smallest absolute Gasteiger partial charge is 0.314 e. The molecule has 7 heteroatoms. The highest BCUT2D eigenvalue weighted by molar-refractivity contribution is 6.09. The number of esters is 1. The Morgan fingerprint density at radius 3 is 2.19 bits per heavy atom. The minimum absolute atomic E-state index is 0.00682. The van der Waals surface area contributed by atoms with E-state index in [2.05, 4.69) is 34.2 Å². The number of hydrogen-bond acceptors (Lipinski definition) is 6. The Morgan fingerprint density at radius 2 is 1.49 bits per heavy atom. The molecule has 4 aromatic rings. The van der Waals surface area contributed by atoms with Crippen molar-refractivity contribution in [2.75, 3.05) is 39.3 Å². The molecule has 0 spiro atoms. The molecule has 2 fully saturated rings. The van der Waals surface area contributed by atoms with Crippen molar-refractivity contribution < 1.29 is 14.3 Å². The van der Waals surface area contributed by atoms with Crippen molar-refractivity contribution in [3.8, 4) is 11.3 Å². The minimum Gasteiger partial charge on any atom is -0.465 e. The van der Waals surface area contributed by atoms with Crippen molar-refractivity contribution in [3.05, 3.63) is 102 Å². The summed E-state index contributed by atoms with van der Waals surface area (Å²) >= 11 is 0. The highest BCUT2D eigenvalue weighted by Gasteiger charge is 2.30. The van der Waals surface area contributed by atoms with Crippen LogP contribution in [0.15, 0.2) is 84.9 Å². The molecule has 2 unspecified atom stereocenters. The molecular formula is C40H48N4O3. The standard InChI is InChI=1S/C40H48N4O3/c1-3-47-40(46)34(31-17-9-5-10-18-31)27-43-23-25-44(26-24-43)28-35-37(39(45)41-29(2)30-15-7-4-8-16-30)33-21-13-14-22-36(33)42-38(35)32-19-11-6-12-20-32/h5-6,9-14,17-22,29-30,34H,3-4,7-8,15-16,23-28H2,1-2H3,(H,41,45). The van der Waals surface area contributed by atoms with Crippen LogP contribution in [-0.4, -0.2) is 72.0 Å². The Bertz CT molecular complexity index is 1630. The Labute approximate surface area is 279 Å². The van der Waals surface area contributed by atoms with Crippen LogP contribution in [0, 0.1) is 5.92 Å². The van der Waals surface area contributed by atoms with Crippen LogP contribution >= 0.6 is 0 Å². The number of rotatable bonds is 11. The van der Waals surface area contributed by atoms with Gasteiger partial charge in [0.15, 0.2) is 0 Å². The third-order valence-corrected chi connectivity index (χ3v) is 10.0. The van der Waals surface area contributed by atoms with Gasteiger partial charge in [-0.1, -0.05) is 98.1 Å². The lowest BCUT2D eigenvalue weighted by Crippen LogP contribution is -2.48. The number of ether oxygens (including phenoxy) is 1. The van der Waals surface area contributed by atoms with Crippen LogP contribution < -0.4 is 5.32 Å². The second kappa shape index (κ2) is 15.7. The largest absolute Gasteiger partial charge is 0.465 e. The lowest BCUT2D eigenvalue weighted by Gasteiger charge is -2.36. The monoisotopic (exact) mass is 632 g/mol. The molecule has 1 saturated heterocycles. The lowest BCUT2D eigenvalue weighted by molar-refractivity contribution is -0.145. The minimum atomic E-state index is -0.321. The number of aromatic nitrogens is 1. The maximum atomic E-state index is 14.4. The SMILES string of the molecule is CCOC(=O)C(CN1CCN(Cc2c(-c3ccccc3)nc3ccccc3c2C(=O)NC(C)C2CCCCC2)CC1)c1ccccc1. The maximum Gasteiger partial charge on any atom is 0.314 e. The van der Waals surface area contributed by atoms with E-state index in [0.717, 1.165) is 65.0 Å². The van der Waals surface area contributed by atoms with E-state index >= 15 is 0 Å². The van der Waals surface area contributed by atoms with E-state index in [9.17, 15) is 9.59 Å². The van der Waals surface area contributed by atoms with E-state index in [0.29, 0.717) is 25.6 Å². The third kappa shape index (κ3) is 7.91. The topological polar surface area (TPSA) is 74.8 Å². The number of piperazine rings is 1. The molecule has 6 rings (SSSR count). The first-order chi connectivity index (χ1) is 23.0. The van der Waals surface area contributed by atoms with Gasteiger partial charge in [0.05, 0.1) is 29.3 Å². The van der Waals surface area contributed by atoms with Crippen LogP contribution in [0.4, 0.5) is 0 Å². The van der Waals surface area contributed by atoms with Gasteiger partial charge in [-0.25, -0.2) is 4.98 Å². The van der Waals surface area contributed by atoms with Crippen molar-refractivity contribution in [3.63, 3.8) is 0 Å². The van der Waals surface area contributed by atoms with Crippen LogP contribution in [0.5, 0.6) is 0 Å². The highest BCUT2D eigenvalue weighted by atomic mass is 16.5. The van der Waals surface area contributed by atoms with Gasteiger partial charge in [-0.15, -0.1) is 0 Å². The summed E-state index contributed by atoms with van der Waals surface area (Å²) < 4.78 is 5.47. The molecule has 47 heavy (non-hydrogen) atoms. The first-order valence-corrected chi connectivity index (χ1v) is 17.5. The van der Waals surface area contributed by atoms with Gasteiger partial charge >= 0.3 is 5.97 Å². The van der Waals surface area contributed by atoms with Crippen molar-refractivity contribution >= 4 is 22.8 Å². The number of amides is 1. The number of nitrogens with zero attached hydrogens (tertiary/aromatic N) is 3. The summed E-state index contributed by atoms with van der Waals surface area (Å²) in [6, 6.07) is 28.4. The van der Waals surface area contributed by atoms with Crippen LogP contribution in [0.25, 0.3) is 22.2 Å². The fourth-order valence-corrected chi connectivity index (χ4v) is 7.39. The summed E-state index contributed by atoms with van der Waals surface area (Å²) in [7, 11) is 0. The van der Waals surface area contributed by atoms with E-state index in [4.69, 9.17) is 9.72 Å². The van der Waals surface area contributed by atoms with Crippen molar-refractivity contribution in [1.82, 2.24) is 20.1 Å². The number of carbonyl (C=O) groups excluding carboxylic acids is 2. The zero-order chi connectivity index (χ0) is 32.6. The molecule has 1 aliphatic carbocycles. The summed E-state index contributed by atoms with van der Waals surface area (Å²) in [5.41, 5.74) is 5.42. The van der Waals surface area contributed by atoms with Gasteiger partial charge in [0.2, 0.25) is 0 Å². The molecule has 1 amide bonds. The zero-order valence-corrected chi connectivity index (χ0v) is 27.9. The summed E-state index contributed by atoms with van der Waals surface area (Å²) in [5.74, 6) is 0.0142. The van der Waals surface area contributed by atoms with E-state index in [1.165, 1.54) is 32.1 Å². The summed E-state index contributed by atoms with van der Waals surface area (Å²) in [6.45, 7) is 8.94. The second-order valence-electron chi connectivity index (χ2n) is 13.1. The Balaban J connectivity index is 1.27. The molecular weight excluding hydrogens is 584 g/mol.